The number of halogens is 2. The van der Waals surface area contributed by atoms with Crippen molar-refractivity contribution in [1.29, 1.82) is 0 Å². The second-order valence-electron chi connectivity index (χ2n) is 7.20. The molecule has 1 amide bonds. The van der Waals surface area contributed by atoms with Gasteiger partial charge in [0.25, 0.3) is 5.91 Å². The molecule has 3 aromatic rings. The van der Waals surface area contributed by atoms with E-state index in [1.807, 2.05) is 37.3 Å². The molecule has 0 aliphatic heterocycles. The molecule has 31 heavy (non-hydrogen) atoms. The van der Waals surface area contributed by atoms with Crippen molar-refractivity contribution in [2.75, 3.05) is 13.1 Å². The van der Waals surface area contributed by atoms with Gasteiger partial charge in [-0.05, 0) is 36.1 Å². The molecule has 0 aliphatic rings. The molecule has 2 aromatic carbocycles. The third kappa shape index (κ3) is 5.33. The lowest BCUT2D eigenvalue weighted by atomic mass is 9.88. The van der Waals surface area contributed by atoms with Gasteiger partial charge in [0.1, 0.15) is 11.6 Å². The molecule has 1 unspecified atom stereocenters. The zero-order chi connectivity index (χ0) is 22.4. The fraction of sp³-hybridized carbons (Fsp3) is 0.261. The first-order valence-electron chi connectivity index (χ1n) is 9.97. The normalized spacial score (nSPS) is 11.8. The van der Waals surface area contributed by atoms with Crippen molar-refractivity contribution in [3.63, 3.8) is 0 Å². The van der Waals surface area contributed by atoms with Gasteiger partial charge in [-0.3, -0.25) is 14.7 Å². The van der Waals surface area contributed by atoms with Crippen LogP contribution in [0, 0.1) is 11.6 Å². The van der Waals surface area contributed by atoms with Crippen LogP contribution in [-0.2, 0) is 0 Å². The number of rotatable bonds is 8. The molecule has 0 saturated heterocycles. The number of carbonyl (C=O) groups is 1. The smallest absolute Gasteiger partial charge is 0.275 e. The van der Waals surface area contributed by atoms with Gasteiger partial charge in [-0.2, -0.15) is 5.10 Å². The molecule has 0 fully saturated rings. The molecule has 8 heteroatoms. The Morgan fingerprint density at radius 1 is 1.10 bits per heavy atom. The first kappa shape index (κ1) is 22.1. The van der Waals surface area contributed by atoms with E-state index in [0.717, 1.165) is 17.8 Å². The second-order valence-corrected chi connectivity index (χ2v) is 7.20. The molecule has 1 atom stereocenters. The Labute approximate surface area is 178 Å². The zero-order valence-electron chi connectivity index (χ0n) is 17.0. The van der Waals surface area contributed by atoms with Gasteiger partial charge in [0, 0.05) is 25.1 Å². The van der Waals surface area contributed by atoms with Crippen LogP contribution < -0.4 is 5.43 Å². The van der Waals surface area contributed by atoms with Crippen LogP contribution in [-0.4, -0.2) is 39.2 Å². The van der Waals surface area contributed by atoms with Crippen LogP contribution in [0.1, 0.15) is 47.3 Å². The lowest BCUT2D eigenvalue weighted by molar-refractivity contribution is 0.0741. The number of hydrogen-bond donors (Lipinski definition) is 2. The largest absolute Gasteiger partial charge is 0.502 e. The second kappa shape index (κ2) is 9.97. The lowest BCUT2D eigenvalue weighted by Crippen LogP contribution is -2.35. The molecule has 0 saturated carbocycles. The van der Waals surface area contributed by atoms with Crippen molar-refractivity contribution >= 4 is 5.91 Å². The Hall–Kier alpha value is -3.55. The van der Waals surface area contributed by atoms with Gasteiger partial charge in [-0.15, -0.1) is 0 Å². The van der Waals surface area contributed by atoms with Crippen LogP contribution in [0.3, 0.4) is 0 Å². The fourth-order valence-corrected chi connectivity index (χ4v) is 3.56. The summed E-state index contributed by atoms with van der Waals surface area (Å²) in [5.41, 5.74) is 0.282. The van der Waals surface area contributed by atoms with Crippen LogP contribution in [0.5, 0.6) is 5.75 Å². The summed E-state index contributed by atoms with van der Waals surface area (Å²) in [5.74, 6) is -2.96. The van der Waals surface area contributed by atoms with Crippen LogP contribution in [0.2, 0.25) is 0 Å². The third-order valence-electron chi connectivity index (χ3n) is 5.00. The van der Waals surface area contributed by atoms with Crippen molar-refractivity contribution in [3.05, 3.63) is 93.4 Å². The maximum atomic E-state index is 13.9. The van der Waals surface area contributed by atoms with Gasteiger partial charge < -0.3 is 10.0 Å². The van der Waals surface area contributed by atoms with Crippen molar-refractivity contribution in [3.8, 4) is 5.75 Å². The topological polar surface area (TPSA) is 86.3 Å². The minimum absolute atomic E-state index is 0.237. The van der Waals surface area contributed by atoms with Gasteiger partial charge in [-0.25, -0.2) is 8.78 Å². The summed E-state index contributed by atoms with van der Waals surface area (Å²) in [6, 6.07) is 12.7. The van der Waals surface area contributed by atoms with Gasteiger partial charge in [-0.1, -0.05) is 37.3 Å². The number of nitrogens with one attached hydrogen (secondary N) is 1. The summed E-state index contributed by atoms with van der Waals surface area (Å²) in [5, 5.41) is 15.9. The summed E-state index contributed by atoms with van der Waals surface area (Å²) in [4.78, 5) is 26.1. The van der Waals surface area contributed by atoms with Crippen LogP contribution in [0.15, 0.2) is 59.5 Å². The van der Waals surface area contributed by atoms with Crippen LogP contribution in [0.25, 0.3) is 0 Å². The fourth-order valence-electron chi connectivity index (χ4n) is 3.56. The van der Waals surface area contributed by atoms with Crippen LogP contribution >= 0.6 is 0 Å². The SMILES string of the molecule is CCCN(CCC(c1ccccc1)c1cc(F)cc(F)c1)C(=O)c1[nH]ncc(=O)c1O. The first-order valence-corrected chi connectivity index (χ1v) is 9.97. The van der Waals surface area contributed by atoms with Gasteiger partial charge in [0.2, 0.25) is 5.43 Å². The van der Waals surface area contributed by atoms with E-state index in [1.165, 1.54) is 17.0 Å². The quantitative estimate of drug-likeness (QED) is 0.572. The lowest BCUT2D eigenvalue weighted by Gasteiger charge is -2.26. The number of amides is 1. The maximum absolute atomic E-state index is 13.9. The number of aromatic hydroxyl groups is 1. The number of aromatic nitrogens is 2. The van der Waals surface area contributed by atoms with Gasteiger partial charge in [0.15, 0.2) is 11.4 Å². The molecule has 0 aliphatic carbocycles. The van der Waals surface area contributed by atoms with E-state index in [2.05, 4.69) is 10.2 Å². The molecule has 0 bridgehead atoms. The highest BCUT2D eigenvalue weighted by atomic mass is 19.1. The molecule has 1 aromatic heterocycles. The summed E-state index contributed by atoms with van der Waals surface area (Å²) in [6.07, 6.45) is 1.91. The van der Waals surface area contributed by atoms with Gasteiger partial charge in [0.05, 0.1) is 6.20 Å². The Kier molecular flexibility index (Phi) is 7.12. The number of benzene rings is 2. The van der Waals surface area contributed by atoms with E-state index in [9.17, 15) is 23.5 Å². The molecular weight excluding hydrogens is 404 g/mol. The molecule has 0 spiro atoms. The third-order valence-corrected chi connectivity index (χ3v) is 5.00. The average molecular weight is 427 g/mol. The Bertz CT molecular complexity index is 1080. The van der Waals surface area contributed by atoms with Crippen molar-refractivity contribution < 1.29 is 18.7 Å². The Morgan fingerprint density at radius 3 is 2.42 bits per heavy atom. The first-order chi connectivity index (χ1) is 14.9. The maximum Gasteiger partial charge on any atom is 0.275 e. The summed E-state index contributed by atoms with van der Waals surface area (Å²) in [6.45, 7) is 2.50. The molecule has 0 radical (unpaired) electrons. The highest BCUT2D eigenvalue weighted by molar-refractivity contribution is 5.94. The average Bonchev–Trinajstić information content (AvgIpc) is 2.75. The Balaban J connectivity index is 1.90. The van der Waals surface area contributed by atoms with E-state index in [0.29, 0.717) is 24.9 Å². The van der Waals surface area contributed by atoms with Crippen LogP contribution in [0.4, 0.5) is 8.78 Å². The van der Waals surface area contributed by atoms with E-state index in [4.69, 9.17) is 0 Å². The molecule has 2 N–H and O–H groups in total. The predicted molar refractivity (Wildman–Crippen MR) is 112 cm³/mol. The van der Waals surface area contributed by atoms with E-state index in [-0.39, 0.29) is 18.2 Å². The number of carbonyl (C=O) groups excluding carboxylic acids is 1. The summed E-state index contributed by atoms with van der Waals surface area (Å²) < 4.78 is 27.8. The number of aromatic amines is 1. The summed E-state index contributed by atoms with van der Waals surface area (Å²) >= 11 is 0. The molecular formula is C23H23F2N3O3. The number of hydrogen-bond acceptors (Lipinski definition) is 4. The van der Waals surface area contributed by atoms with Crippen molar-refractivity contribution in [1.82, 2.24) is 15.1 Å². The molecule has 3 rings (SSSR count). The standard InChI is InChI=1S/C23H23F2N3O3/c1-2-9-28(23(31)21-22(30)20(29)14-26-27-21)10-8-19(15-6-4-3-5-7-15)16-11-17(24)13-18(25)12-16/h3-7,11-14,19H,2,8-10H2,1H3,(H,26,30)(H,27,29). The van der Waals surface area contributed by atoms with E-state index >= 15 is 0 Å². The van der Waals surface area contributed by atoms with E-state index in [1.54, 1.807) is 0 Å². The van der Waals surface area contributed by atoms with Crippen molar-refractivity contribution in [2.45, 2.75) is 25.7 Å². The molecule has 1 heterocycles. The molecule has 162 valence electrons. The monoisotopic (exact) mass is 427 g/mol. The zero-order valence-corrected chi connectivity index (χ0v) is 17.0. The molecule has 6 nitrogen and oxygen atoms in total. The number of H-pyrrole nitrogens is 1. The van der Waals surface area contributed by atoms with Crippen molar-refractivity contribution in [2.24, 2.45) is 0 Å². The Morgan fingerprint density at radius 2 is 1.77 bits per heavy atom. The predicted octanol–water partition coefficient (Wildman–Crippen LogP) is 3.83. The number of nitrogens with zero attached hydrogens (tertiary/aromatic N) is 2. The highest BCUT2D eigenvalue weighted by Gasteiger charge is 2.23. The highest BCUT2D eigenvalue weighted by Crippen LogP contribution is 2.30. The van der Waals surface area contributed by atoms with Gasteiger partial charge >= 0.3 is 0 Å². The minimum Gasteiger partial charge on any atom is -0.502 e. The summed E-state index contributed by atoms with van der Waals surface area (Å²) in [7, 11) is 0. The minimum atomic E-state index is -0.754. The van der Waals surface area contributed by atoms with E-state index < -0.39 is 28.7 Å².